The van der Waals surface area contributed by atoms with Gasteiger partial charge >= 0.3 is 5.97 Å². The maximum atomic E-state index is 13.0. The van der Waals surface area contributed by atoms with Crippen LogP contribution in [-0.4, -0.2) is 45.3 Å². The second kappa shape index (κ2) is 14.1. The minimum absolute atomic E-state index is 0.173. The number of rotatable bonds is 10. The van der Waals surface area contributed by atoms with Crippen molar-refractivity contribution in [2.45, 2.75) is 6.92 Å². The van der Waals surface area contributed by atoms with Crippen molar-refractivity contribution in [1.29, 1.82) is 0 Å². The van der Waals surface area contributed by atoms with Crippen LogP contribution in [0, 0.1) is 6.92 Å². The molecule has 10 nitrogen and oxygen atoms in total. The number of methoxy groups -OCH3 is 3. The third-order valence-corrected chi connectivity index (χ3v) is 6.66. The maximum absolute atomic E-state index is 13.0. The molecule has 0 fully saturated rings. The lowest BCUT2D eigenvalue weighted by Gasteiger charge is -2.14. The molecule has 0 heterocycles. The highest BCUT2D eigenvalue weighted by Gasteiger charge is 2.19. The van der Waals surface area contributed by atoms with Crippen LogP contribution < -0.4 is 29.7 Å². The second-order valence-electron chi connectivity index (χ2n) is 9.08. The molecule has 0 atom stereocenters. The quantitative estimate of drug-likeness (QED) is 0.0935. The third-order valence-electron chi connectivity index (χ3n) is 6.16. The molecule has 0 saturated heterocycles. The molecule has 0 bridgehead atoms. The van der Waals surface area contributed by atoms with Crippen molar-refractivity contribution in [2.75, 3.05) is 26.6 Å². The zero-order chi connectivity index (χ0) is 30.9. The summed E-state index contributed by atoms with van der Waals surface area (Å²) in [6.45, 7) is 1.95. The summed E-state index contributed by atoms with van der Waals surface area (Å²) in [5.74, 6) is -0.248. The molecule has 4 aromatic carbocycles. The highest BCUT2D eigenvalue weighted by molar-refractivity contribution is 9.10. The summed E-state index contributed by atoms with van der Waals surface area (Å²) >= 11 is 3.39. The van der Waals surface area contributed by atoms with E-state index in [9.17, 15) is 14.4 Å². The number of aryl methyl sites for hydroxylation is 1. The first kappa shape index (κ1) is 30.8. The molecular weight excluding hydrogens is 618 g/mol. The first-order valence-corrected chi connectivity index (χ1v) is 13.6. The van der Waals surface area contributed by atoms with Crippen molar-refractivity contribution >= 4 is 45.6 Å². The summed E-state index contributed by atoms with van der Waals surface area (Å²) < 4.78 is 22.3. The Labute approximate surface area is 256 Å². The van der Waals surface area contributed by atoms with Gasteiger partial charge in [-0.3, -0.25) is 9.59 Å². The smallest absolute Gasteiger partial charge is 0.343 e. The van der Waals surface area contributed by atoms with Gasteiger partial charge in [-0.25, -0.2) is 10.2 Å². The SMILES string of the molecule is COc1cc(C(=O)Oc2ccc(Br)cc2/C=N\NC(=O)c2ccc(NC(=O)c3ccc(C)cc3)cc2)cc(OC)c1OC. The van der Waals surface area contributed by atoms with E-state index in [0.717, 1.165) is 5.56 Å². The van der Waals surface area contributed by atoms with Gasteiger partial charge in [0.2, 0.25) is 5.75 Å². The summed E-state index contributed by atoms with van der Waals surface area (Å²) in [4.78, 5) is 38.1. The molecule has 0 aliphatic rings. The molecule has 0 saturated carbocycles. The average Bonchev–Trinajstić information content (AvgIpc) is 3.01. The van der Waals surface area contributed by atoms with E-state index in [2.05, 4.69) is 31.8 Å². The largest absolute Gasteiger partial charge is 0.493 e. The van der Waals surface area contributed by atoms with Crippen LogP contribution in [0.3, 0.4) is 0 Å². The lowest BCUT2D eigenvalue weighted by Crippen LogP contribution is -2.18. The minimum Gasteiger partial charge on any atom is -0.493 e. The number of hydrogen-bond donors (Lipinski definition) is 2. The summed E-state index contributed by atoms with van der Waals surface area (Å²) in [5, 5.41) is 6.83. The average molecular weight is 646 g/mol. The lowest BCUT2D eigenvalue weighted by molar-refractivity contribution is 0.0733. The van der Waals surface area contributed by atoms with Gasteiger partial charge in [-0.15, -0.1) is 0 Å². The van der Waals surface area contributed by atoms with Crippen molar-refractivity contribution in [3.8, 4) is 23.0 Å². The maximum Gasteiger partial charge on any atom is 0.343 e. The zero-order valence-electron chi connectivity index (χ0n) is 23.8. The van der Waals surface area contributed by atoms with E-state index in [1.165, 1.54) is 39.7 Å². The summed E-state index contributed by atoms with van der Waals surface area (Å²) in [5.41, 5.74) is 5.50. The van der Waals surface area contributed by atoms with Crippen LogP contribution >= 0.6 is 15.9 Å². The van der Waals surface area contributed by atoms with E-state index in [0.29, 0.717) is 44.1 Å². The first-order valence-electron chi connectivity index (χ1n) is 12.9. The number of amides is 2. The number of halogens is 1. The molecule has 0 aliphatic carbocycles. The van der Waals surface area contributed by atoms with Crippen LogP contribution in [0.5, 0.6) is 23.0 Å². The van der Waals surface area contributed by atoms with E-state index in [4.69, 9.17) is 18.9 Å². The van der Waals surface area contributed by atoms with E-state index in [-0.39, 0.29) is 17.2 Å². The molecule has 0 radical (unpaired) electrons. The van der Waals surface area contributed by atoms with Crippen molar-refractivity contribution in [1.82, 2.24) is 5.43 Å². The number of ether oxygens (including phenoxy) is 4. The molecule has 220 valence electrons. The van der Waals surface area contributed by atoms with E-state index < -0.39 is 11.9 Å². The van der Waals surface area contributed by atoms with Crippen LogP contribution in [0.4, 0.5) is 5.69 Å². The topological polar surface area (TPSA) is 125 Å². The molecule has 11 heteroatoms. The van der Waals surface area contributed by atoms with E-state index in [1.807, 2.05) is 19.1 Å². The van der Waals surface area contributed by atoms with Gasteiger partial charge in [0.25, 0.3) is 11.8 Å². The standard InChI is InChI=1S/C32H28BrN3O7/c1-19-5-7-20(8-6-19)30(37)35-25-12-9-21(10-13-25)31(38)36-34-18-23-15-24(33)11-14-26(23)43-32(39)22-16-27(40-2)29(42-4)28(17-22)41-3/h5-18H,1-4H3,(H,35,37)(H,36,38)/b34-18-. The summed E-state index contributed by atoms with van der Waals surface area (Å²) in [6, 6.07) is 21.5. The molecule has 2 amide bonds. The summed E-state index contributed by atoms with van der Waals surface area (Å²) in [7, 11) is 4.36. The lowest BCUT2D eigenvalue weighted by atomic mass is 10.1. The van der Waals surface area contributed by atoms with Crippen LogP contribution in [0.25, 0.3) is 0 Å². The zero-order valence-corrected chi connectivity index (χ0v) is 25.4. The Morgan fingerprint density at radius 2 is 1.33 bits per heavy atom. The molecule has 4 aromatic rings. The number of nitrogens with one attached hydrogen (secondary N) is 2. The molecule has 0 unspecified atom stereocenters. The Balaban J connectivity index is 1.42. The number of esters is 1. The molecule has 0 spiro atoms. The normalized spacial score (nSPS) is 10.6. The van der Waals surface area contributed by atoms with Gasteiger partial charge < -0.3 is 24.3 Å². The van der Waals surface area contributed by atoms with Crippen LogP contribution in [-0.2, 0) is 0 Å². The van der Waals surface area contributed by atoms with E-state index in [1.54, 1.807) is 54.6 Å². The number of anilines is 1. The minimum atomic E-state index is -0.671. The second-order valence-corrected chi connectivity index (χ2v) is 10.00. The van der Waals surface area contributed by atoms with Crippen LogP contribution in [0.15, 0.2) is 88.4 Å². The van der Waals surface area contributed by atoms with Gasteiger partial charge in [-0.1, -0.05) is 33.6 Å². The van der Waals surface area contributed by atoms with Crippen LogP contribution in [0.2, 0.25) is 0 Å². The fourth-order valence-corrected chi connectivity index (χ4v) is 4.29. The number of carbonyl (C=O) groups is 3. The Morgan fingerprint density at radius 1 is 0.721 bits per heavy atom. The monoisotopic (exact) mass is 645 g/mol. The predicted octanol–water partition coefficient (Wildman–Crippen LogP) is 6.02. The highest BCUT2D eigenvalue weighted by Crippen LogP contribution is 2.38. The number of benzene rings is 4. The number of hydrazone groups is 1. The summed E-state index contributed by atoms with van der Waals surface area (Å²) in [6.07, 6.45) is 1.36. The molecule has 0 aliphatic heterocycles. The van der Waals surface area contributed by atoms with Crippen LogP contribution in [0.1, 0.15) is 42.2 Å². The molecule has 2 N–H and O–H groups in total. The Kier molecular flexibility index (Phi) is 10.1. The number of nitrogens with zero attached hydrogens (tertiary/aromatic N) is 1. The molecule has 43 heavy (non-hydrogen) atoms. The van der Waals surface area contributed by atoms with Gasteiger partial charge in [0.15, 0.2) is 11.5 Å². The van der Waals surface area contributed by atoms with Crippen molar-refractivity contribution < 1.29 is 33.3 Å². The van der Waals surface area contributed by atoms with Gasteiger partial charge in [0.1, 0.15) is 5.75 Å². The van der Waals surface area contributed by atoms with Crippen molar-refractivity contribution in [3.05, 3.63) is 111 Å². The number of carbonyl (C=O) groups excluding carboxylic acids is 3. The van der Waals surface area contributed by atoms with Crippen molar-refractivity contribution in [2.24, 2.45) is 5.10 Å². The van der Waals surface area contributed by atoms with Crippen molar-refractivity contribution in [3.63, 3.8) is 0 Å². The third kappa shape index (κ3) is 7.77. The fourth-order valence-electron chi connectivity index (χ4n) is 3.91. The molecular formula is C32H28BrN3O7. The van der Waals surface area contributed by atoms with Gasteiger partial charge in [0.05, 0.1) is 33.1 Å². The predicted molar refractivity (Wildman–Crippen MR) is 166 cm³/mol. The highest BCUT2D eigenvalue weighted by atomic mass is 79.9. The number of hydrogen-bond acceptors (Lipinski definition) is 8. The van der Waals surface area contributed by atoms with Gasteiger partial charge in [-0.2, -0.15) is 5.10 Å². The Bertz CT molecular complexity index is 1640. The molecule has 0 aromatic heterocycles. The Morgan fingerprint density at radius 3 is 1.93 bits per heavy atom. The first-order chi connectivity index (χ1) is 20.7. The fraction of sp³-hybridized carbons (Fsp3) is 0.125. The van der Waals surface area contributed by atoms with Gasteiger partial charge in [-0.05, 0) is 73.7 Å². The van der Waals surface area contributed by atoms with Gasteiger partial charge in [0, 0.05) is 26.9 Å². The van der Waals surface area contributed by atoms with E-state index >= 15 is 0 Å². The molecule has 4 rings (SSSR count). The Hall–Kier alpha value is -5.16.